The molecule has 0 amide bonds. The number of hydrogen-bond acceptors (Lipinski definition) is 0. The summed E-state index contributed by atoms with van der Waals surface area (Å²) in [6.07, 6.45) is 2.18. The zero-order chi connectivity index (χ0) is 6.57. The molecule has 0 fully saturated rings. The zero-order valence-corrected chi connectivity index (χ0v) is 5.55. The van der Waals surface area contributed by atoms with E-state index in [-0.39, 0.29) is 5.92 Å². The van der Waals surface area contributed by atoms with Gasteiger partial charge in [0.05, 0.1) is 6.10 Å². The second-order valence-corrected chi connectivity index (χ2v) is 2.21. The minimum atomic E-state index is -0.451. The minimum Gasteiger partial charge on any atom is -0.233 e. The lowest BCUT2D eigenvalue weighted by Gasteiger charge is -2.07. The summed E-state index contributed by atoms with van der Waals surface area (Å²) in [6, 6.07) is 0. The van der Waals surface area contributed by atoms with Gasteiger partial charge in [0, 0.05) is 0 Å². The molecule has 2 atom stereocenters. The highest BCUT2D eigenvalue weighted by molar-refractivity contribution is 4.72. The third kappa shape index (κ3) is 2.80. The Labute approximate surface area is 51.0 Å². The van der Waals surface area contributed by atoms with Gasteiger partial charge >= 0.3 is 0 Å². The van der Waals surface area contributed by atoms with Gasteiger partial charge in [-0.05, 0) is 19.3 Å². The van der Waals surface area contributed by atoms with Crippen LogP contribution < -0.4 is 0 Å². The summed E-state index contributed by atoms with van der Waals surface area (Å²) in [5.74, 6) is 0.243. The normalized spacial score (nSPS) is 17.4. The zero-order valence-electron chi connectivity index (χ0n) is 5.55. The van der Waals surface area contributed by atoms with Gasteiger partial charge in [0.2, 0.25) is 0 Å². The van der Waals surface area contributed by atoms with Gasteiger partial charge in [0.1, 0.15) is 0 Å². The molecule has 0 aliphatic heterocycles. The van der Waals surface area contributed by atoms with Crippen LogP contribution in [0, 0.1) is 5.92 Å². The number of hydrogen-bond donors (Lipinski definition) is 0. The predicted molar refractivity (Wildman–Crippen MR) is 34.1 cm³/mol. The second-order valence-electron chi connectivity index (χ2n) is 2.21. The van der Waals surface area contributed by atoms with Gasteiger partial charge in [0.25, 0.3) is 0 Å². The van der Waals surface area contributed by atoms with Crippen molar-refractivity contribution in [2.45, 2.75) is 26.4 Å². The molecule has 0 aliphatic carbocycles. The largest absolute Gasteiger partial charge is 0.233 e. The molecule has 8 heavy (non-hydrogen) atoms. The van der Waals surface area contributed by atoms with Crippen molar-refractivity contribution < 1.29 is 5.11 Å². The van der Waals surface area contributed by atoms with Gasteiger partial charge < -0.3 is 0 Å². The fourth-order valence-electron chi connectivity index (χ4n) is 0.455. The molecule has 0 aromatic heterocycles. The topological polar surface area (TPSA) is 19.9 Å². The Bertz CT molecular complexity index is 66.8. The highest BCUT2D eigenvalue weighted by Gasteiger charge is 2.06. The van der Waals surface area contributed by atoms with Gasteiger partial charge in [-0.25, -0.2) is 5.11 Å². The molecule has 1 nitrogen and oxygen atoms in total. The summed E-state index contributed by atoms with van der Waals surface area (Å²) >= 11 is 0. The fraction of sp³-hybridized carbons (Fsp3) is 0.714. The van der Waals surface area contributed by atoms with Crippen LogP contribution in [0.5, 0.6) is 0 Å². The van der Waals surface area contributed by atoms with Crippen molar-refractivity contribution in [3.63, 3.8) is 0 Å². The lowest BCUT2D eigenvalue weighted by atomic mass is 10.0. The van der Waals surface area contributed by atoms with E-state index < -0.39 is 6.10 Å². The molecule has 0 N–H and O–H groups in total. The first-order valence-electron chi connectivity index (χ1n) is 2.95. The van der Waals surface area contributed by atoms with Crippen molar-refractivity contribution >= 4 is 0 Å². The molecule has 0 heterocycles. The van der Waals surface area contributed by atoms with Crippen molar-refractivity contribution in [1.29, 1.82) is 0 Å². The van der Waals surface area contributed by atoms with E-state index in [0.29, 0.717) is 0 Å². The van der Waals surface area contributed by atoms with E-state index in [0.717, 1.165) is 6.42 Å². The molecule has 1 heteroatoms. The molecule has 0 bridgehead atoms. The quantitative estimate of drug-likeness (QED) is 0.499. The summed E-state index contributed by atoms with van der Waals surface area (Å²) in [6.45, 7) is 7.18. The average Bonchev–Trinajstić information content (AvgIpc) is 1.67. The van der Waals surface area contributed by atoms with Crippen molar-refractivity contribution in [3.05, 3.63) is 12.7 Å². The Kier molecular flexibility index (Phi) is 3.53. The molecule has 47 valence electrons. The van der Waals surface area contributed by atoms with Gasteiger partial charge in [0.15, 0.2) is 0 Å². The van der Waals surface area contributed by atoms with Gasteiger partial charge in [-0.3, -0.25) is 0 Å². The van der Waals surface area contributed by atoms with E-state index in [4.69, 9.17) is 0 Å². The smallest absolute Gasteiger partial charge is 0.0930 e. The molecule has 0 saturated heterocycles. The van der Waals surface area contributed by atoms with Crippen molar-refractivity contribution in [1.82, 2.24) is 0 Å². The highest BCUT2D eigenvalue weighted by Crippen LogP contribution is 2.07. The van der Waals surface area contributed by atoms with Gasteiger partial charge in [-0.1, -0.05) is 13.0 Å². The van der Waals surface area contributed by atoms with E-state index in [2.05, 4.69) is 6.58 Å². The van der Waals surface area contributed by atoms with Crippen LogP contribution >= 0.6 is 0 Å². The van der Waals surface area contributed by atoms with Gasteiger partial charge in [-0.15, -0.1) is 6.58 Å². The molecule has 0 rings (SSSR count). The molecule has 1 radical (unpaired) electrons. The standard InChI is InChI=1S/C7H13O/c1-4-5-6(2)7(3)8/h4,6-7H,1,5H2,2-3H3. The predicted octanol–water partition coefficient (Wildman–Crippen LogP) is 2.02. The van der Waals surface area contributed by atoms with Crippen LogP contribution in [-0.4, -0.2) is 6.10 Å². The molecular formula is C7H13O. The molecule has 0 aromatic carbocycles. The van der Waals surface area contributed by atoms with Crippen molar-refractivity contribution in [2.24, 2.45) is 5.92 Å². The molecule has 0 spiro atoms. The second kappa shape index (κ2) is 3.67. The first-order chi connectivity index (χ1) is 3.68. The number of allylic oxidation sites excluding steroid dienone is 1. The first kappa shape index (κ1) is 7.70. The Hall–Kier alpha value is -0.300. The third-order valence-corrected chi connectivity index (χ3v) is 1.34. The summed E-state index contributed by atoms with van der Waals surface area (Å²) in [5, 5.41) is 10.6. The van der Waals surface area contributed by atoms with E-state index in [1.54, 1.807) is 13.0 Å². The summed E-state index contributed by atoms with van der Waals surface area (Å²) < 4.78 is 0. The maximum absolute atomic E-state index is 10.6. The SMILES string of the molecule is C=CCC(C)C(C)[O]. The lowest BCUT2D eigenvalue weighted by molar-refractivity contribution is 0.0601. The molecular weight excluding hydrogens is 100 g/mol. The summed E-state index contributed by atoms with van der Waals surface area (Å²) in [7, 11) is 0. The molecule has 0 aromatic rings. The molecule has 0 aliphatic rings. The Morgan fingerprint density at radius 1 is 1.62 bits per heavy atom. The van der Waals surface area contributed by atoms with Crippen LogP contribution in [0.2, 0.25) is 0 Å². The van der Waals surface area contributed by atoms with E-state index in [1.165, 1.54) is 0 Å². The minimum absolute atomic E-state index is 0.243. The first-order valence-corrected chi connectivity index (χ1v) is 2.95. The van der Waals surface area contributed by atoms with Crippen LogP contribution in [0.15, 0.2) is 12.7 Å². The van der Waals surface area contributed by atoms with Crippen LogP contribution in [0.1, 0.15) is 20.3 Å². The highest BCUT2D eigenvalue weighted by atomic mass is 16.3. The number of rotatable bonds is 3. The lowest BCUT2D eigenvalue weighted by Crippen LogP contribution is -2.09. The summed E-state index contributed by atoms with van der Waals surface area (Å²) in [5.41, 5.74) is 0. The maximum atomic E-state index is 10.6. The average molecular weight is 113 g/mol. The molecule has 0 saturated carbocycles. The maximum Gasteiger partial charge on any atom is 0.0930 e. The van der Waals surface area contributed by atoms with Crippen molar-refractivity contribution in [2.75, 3.05) is 0 Å². The summed E-state index contributed by atoms with van der Waals surface area (Å²) in [4.78, 5) is 0. The van der Waals surface area contributed by atoms with Crippen LogP contribution in [0.3, 0.4) is 0 Å². The van der Waals surface area contributed by atoms with Crippen molar-refractivity contribution in [3.8, 4) is 0 Å². The van der Waals surface area contributed by atoms with Crippen LogP contribution in [0.4, 0.5) is 0 Å². The van der Waals surface area contributed by atoms with E-state index in [9.17, 15) is 5.11 Å². The van der Waals surface area contributed by atoms with Gasteiger partial charge in [-0.2, -0.15) is 0 Å². The van der Waals surface area contributed by atoms with Crippen LogP contribution in [-0.2, 0) is 5.11 Å². The Morgan fingerprint density at radius 3 is 2.25 bits per heavy atom. The van der Waals surface area contributed by atoms with Crippen LogP contribution in [0.25, 0.3) is 0 Å². The Morgan fingerprint density at radius 2 is 2.12 bits per heavy atom. The molecule has 2 unspecified atom stereocenters. The van der Waals surface area contributed by atoms with E-state index >= 15 is 0 Å². The fourth-order valence-corrected chi connectivity index (χ4v) is 0.455. The monoisotopic (exact) mass is 113 g/mol. The third-order valence-electron chi connectivity index (χ3n) is 1.34. The van der Waals surface area contributed by atoms with E-state index in [1.807, 2.05) is 6.92 Å². The Balaban J connectivity index is 3.30.